The normalized spacial score (nSPS) is 19.7. The number of carbonyl (C=O) groups excluding carboxylic acids is 1. The number of nitro benzene ring substituents is 1. The maximum atomic E-state index is 12.5. The minimum atomic E-state index is -0.976. The Morgan fingerprint density at radius 3 is 2.71 bits per heavy atom. The number of nitrogens with one attached hydrogen (secondary N) is 1. The number of carbonyl (C=O) groups is 1. The Hall–Kier alpha value is -3.63. The summed E-state index contributed by atoms with van der Waals surface area (Å²) in [6, 6.07) is 4.54. The molecule has 38 heavy (non-hydrogen) atoms. The van der Waals surface area contributed by atoms with Gasteiger partial charge in [0.25, 0.3) is 11.2 Å². The molecule has 0 spiro atoms. The van der Waals surface area contributed by atoms with Crippen molar-refractivity contribution in [2.75, 3.05) is 6.61 Å². The van der Waals surface area contributed by atoms with Crippen molar-refractivity contribution in [2.24, 2.45) is 5.92 Å². The Bertz CT molecular complexity index is 1350. The molecule has 3 N–H and O–H groups in total. The molecule has 0 amide bonds. The van der Waals surface area contributed by atoms with E-state index in [1.807, 2.05) is 13.8 Å². The zero-order chi connectivity index (χ0) is 28.0. The van der Waals surface area contributed by atoms with E-state index in [1.165, 1.54) is 19.2 Å². The lowest BCUT2D eigenvalue weighted by Gasteiger charge is -2.22. The predicted octanol–water partition coefficient (Wildman–Crippen LogP) is 1.72. The monoisotopic (exact) mass is 529 g/mol. The molecule has 2 heterocycles. The van der Waals surface area contributed by atoms with Gasteiger partial charge < -0.3 is 19.7 Å². The molecular weight excluding hydrogens is 498 g/mol. The molecule has 1 saturated heterocycles. The van der Waals surface area contributed by atoms with E-state index in [0.29, 0.717) is 24.0 Å². The molecular formula is C26H31N3O9. The molecule has 1 fully saturated rings. The highest BCUT2D eigenvalue weighted by atomic mass is 16.6. The Morgan fingerprint density at radius 1 is 1.37 bits per heavy atom. The van der Waals surface area contributed by atoms with Gasteiger partial charge in [0.2, 0.25) is 0 Å². The molecule has 1 aromatic carbocycles. The van der Waals surface area contributed by atoms with E-state index in [2.05, 4.69) is 16.8 Å². The zero-order valence-electron chi connectivity index (χ0n) is 21.4. The third kappa shape index (κ3) is 7.02. The lowest BCUT2D eigenvalue weighted by molar-refractivity contribution is -0.386. The van der Waals surface area contributed by atoms with Gasteiger partial charge in [-0.15, -0.1) is 0 Å². The molecule has 204 valence electrons. The van der Waals surface area contributed by atoms with E-state index >= 15 is 0 Å². The van der Waals surface area contributed by atoms with Gasteiger partial charge in [-0.05, 0) is 25.0 Å². The quantitative estimate of drug-likeness (QED) is 0.235. The lowest BCUT2D eigenvalue weighted by Crippen LogP contribution is -2.34. The second-order valence-electron chi connectivity index (χ2n) is 9.45. The van der Waals surface area contributed by atoms with Crippen LogP contribution in [-0.4, -0.2) is 49.3 Å². The van der Waals surface area contributed by atoms with Crippen LogP contribution in [0.1, 0.15) is 69.1 Å². The highest BCUT2D eigenvalue weighted by Crippen LogP contribution is 2.34. The molecule has 0 radical (unpaired) electrons. The van der Waals surface area contributed by atoms with E-state index < -0.39 is 47.3 Å². The Balaban J connectivity index is 1.85. The number of benzene rings is 1. The van der Waals surface area contributed by atoms with Gasteiger partial charge in [0, 0.05) is 37.1 Å². The largest absolute Gasteiger partial charge is 0.394 e. The number of Topliss-reactive ketones (excluding diaryl/α,β-unsaturated/α-hetero) is 1. The first-order valence-electron chi connectivity index (χ1n) is 12.2. The van der Waals surface area contributed by atoms with Gasteiger partial charge in [-0.3, -0.25) is 29.3 Å². The third-order valence-electron chi connectivity index (χ3n) is 6.13. The highest BCUT2D eigenvalue weighted by Gasteiger charge is 2.35. The molecule has 4 atom stereocenters. The summed E-state index contributed by atoms with van der Waals surface area (Å²) < 4.78 is 12.6. The molecule has 2 aromatic rings. The molecule has 1 aliphatic rings. The van der Waals surface area contributed by atoms with Gasteiger partial charge >= 0.3 is 5.69 Å². The lowest BCUT2D eigenvalue weighted by atomic mass is 9.96. The van der Waals surface area contributed by atoms with E-state index in [9.17, 15) is 34.7 Å². The van der Waals surface area contributed by atoms with E-state index in [0.717, 1.165) is 4.57 Å². The van der Waals surface area contributed by atoms with Gasteiger partial charge in [-0.25, -0.2) is 4.79 Å². The van der Waals surface area contributed by atoms with E-state index in [4.69, 9.17) is 9.47 Å². The number of aliphatic hydroxyl groups is 2. The van der Waals surface area contributed by atoms with Crippen LogP contribution in [0.2, 0.25) is 0 Å². The van der Waals surface area contributed by atoms with Crippen molar-refractivity contribution in [2.45, 2.75) is 71.2 Å². The van der Waals surface area contributed by atoms with Crippen LogP contribution in [0.25, 0.3) is 0 Å². The highest BCUT2D eigenvalue weighted by molar-refractivity contribution is 5.75. The first-order valence-corrected chi connectivity index (χ1v) is 12.2. The van der Waals surface area contributed by atoms with Gasteiger partial charge in [0.1, 0.15) is 18.1 Å². The summed E-state index contributed by atoms with van der Waals surface area (Å²) in [5.41, 5.74) is -0.810. The minimum Gasteiger partial charge on any atom is -0.394 e. The number of ketones is 1. The number of nitro groups is 1. The van der Waals surface area contributed by atoms with Crippen molar-refractivity contribution in [1.82, 2.24) is 9.55 Å². The van der Waals surface area contributed by atoms with E-state index in [1.54, 1.807) is 12.1 Å². The molecule has 3 rings (SSSR count). The fourth-order valence-corrected chi connectivity index (χ4v) is 4.14. The Morgan fingerprint density at radius 2 is 2.11 bits per heavy atom. The van der Waals surface area contributed by atoms with Gasteiger partial charge in [0.05, 0.1) is 41.5 Å². The average Bonchev–Trinajstić information content (AvgIpc) is 3.23. The SMILES string of the molecule is CC(=O)CCC#Cc1ccc([C@H](OCc2cn([C@H]3CC(O)[C@@H](CO)O3)c(=O)[nH]c2=O)C(C)C)c([N+](=O)[O-])c1. The topological polar surface area (TPSA) is 174 Å². The summed E-state index contributed by atoms with van der Waals surface area (Å²) in [7, 11) is 0. The molecule has 1 unspecified atom stereocenters. The summed E-state index contributed by atoms with van der Waals surface area (Å²) in [5.74, 6) is 5.46. The van der Waals surface area contributed by atoms with Gasteiger partial charge in [-0.2, -0.15) is 0 Å². The number of H-pyrrole nitrogens is 1. The van der Waals surface area contributed by atoms with Crippen LogP contribution in [0.4, 0.5) is 5.69 Å². The van der Waals surface area contributed by atoms with Crippen molar-refractivity contribution in [3.63, 3.8) is 0 Å². The summed E-state index contributed by atoms with van der Waals surface area (Å²) in [6.45, 7) is 4.41. The fourth-order valence-electron chi connectivity index (χ4n) is 4.14. The molecule has 12 nitrogen and oxygen atoms in total. The number of aromatic amines is 1. The van der Waals surface area contributed by atoms with Crippen LogP contribution < -0.4 is 11.2 Å². The van der Waals surface area contributed by atoms with Crippen LogP contribution in [0, 0.1) is 27.9 Å². The van der Waals surface area contributed by atoms with Crippen LogP contribution in [-0.2, 0) is 20.9 Å². The molecule has 1 aliphatic heterocycles. The number of aromatic nitrogens is 2. The molecule has 1 aromatic heterocycles. The molecule has 12 heteroatoms. The average molecular weight is 530 g/mol. The Labute approximate surface area is 218 Å². The van der Waals surface area contributed by atoms with Gasteiger partial charge in [-0.1, -0.05) is 25.7 Å². The predicted molar refractivity (Wildman–Crippen MR) is 135 cm³/mol. The van der Waals surface area contributed by atoms with E-state index in [-0.39, 0.29) is 36.0 Å². The third-order valence-corrected chi connectivity index (χ3v) is 6.13. The van der Waals surface area contributed by atoms with Crippen LogP contribution in [0.5, 0.6) is 0 Å². The van der Waals surface area contributed by atoms with Crippen LogP contribution in [0.3, 0.4) is 0 Å². The number of hydrogen-bond acceptors (Lipinski definition) is 9. The van der Waals surface area contributed by atoms with Crippen molar-refractivity contribution < 1.29 is 29.4 Å². The molecule has 0 bridgehead atoms. The molecule has 0 aliphatic carbocycles. The maximum Gasteiger partial charge on any atom is 0.330 e. The summed E-state index contributed by atoms with van der Waals surface area (Å²) >= 11 is 0. The number of nitrogens with zero attached hydrogens (tertiary/aromatic N) is 2. The second-order valence-corrected chi connectivity index (χ2v) is 9.45. The van der Waals surface area contributed by atoms with Crippen LogP contribution >= 0.6 is 0 Å². The fraction of sp³-hybridized carbons (Fsp3) is 0.500. The van der Waals surface area contributed by atoms with Gasteiger partial charge in [0.15, 0.2) is 0 Å². The summed E-state index contributed by atoms with van der Waals surface area (Å²) in [5, 5.41) is 31.2. The standard InChI is InChI=1S/C26H31N3O9/c1-15(2)24(19-9-8-17(10-20(19)29(35)36)7-5-4-6-16(3)31)37-14-18-12-28(26(34)27-25(18)33)23-11-21(32)22(13-30)38-23/h8-10,12,15,21-24,30,32H,4,6,11,13-14H2,1-3H3,(H,27,33,34)/t21?,22-,23-,24-/m1/s1. The second kappa shape index (κ2) is 12.7. The first-order chi connectivity index (χ1) is 18.0. The summed E-state index contributed by atoms with van der Waals surface area (Å²) in [4.78, 5) is 49.5. The number of ether oxygens (including phenoxy) is 2. The zero-order valence-corrected chi connectivity index (χ0v) is 21.4. The van der Waals surface area contributed by atoms with Crippen molar-refractivity contribution >= 4 is 11.5 Å². The number of rotatable bonds is 10. The first kappa shape index (κ1) is 28.9. The van der Waals surface area contributed by atoms with Crippen molar-refractivity contribution in [1.29, 1.82) is 0 Å². The molecule has 0 saturated carbocycles. The maximum absolute atomic E-state index is 12.5. The van der Waals surface area contributed by atoms with Crippen LogP contribution in [0.15, 0.2) is 34.0 Å². The Kier molecular flexibility index (Phi) is 9.71. The minimum absolute atomic E-state index is 0.00881. The van der Waals surface area contributed by atoms with Crippen molar-refractivity contribution in [3.8, 4) is 11.8 Å². The number of aliphatic hydroxyl groups excluding tert-OH is 2. The smallest absolute Gasteiger partial charge is 0.330 e. The van der Waals surface area contributed by atoms with Crippen molar-refractivity contribution in [3.05, 3.63) is 72.0 Å². The number of hydrogen-bond donors (Lipinski definition) is 3. The summed E-state index contributed by atoms with van der Waals surface area (Å²) in [6.07, 6.45) is -1.52.